The zero-order valence-corrected chi connectivity index (χ0v) is 12.4. The first-order chi connectivity index (χ1) is 9.44. The first-order valence-corrected chi connectivity index (χ1v) is 7.94. The molecule has 0 bridgehead atoms. The fourth-order valence-electron chi connectivity index (χ4n) is 1.60. The predicted molar refractivity (Wildman–Crippen MR) is 75.9 cm³/mol. The van der Waals surface area contributed by atoms with Crippen LogP contribution in [0.2, 0.25) is 0 Å². The lowest BCUT2D eigenvalue weighted by Gasteiger charge is -2.14. The zero-order valence-electron chi connectivity index (χ0n) is 11.6. The van der Waals surface area contributed by atoms with Gasteiger partial charge in [-0.2, -0.15) is 0 Å². The Hall–Kier alpha value is -1.44. The molecular weight excluding hydrogens is 280 g/mol. The van der Waals surface area contributed by atoms with Gasteiger partial charge in [0.2, 0.25) is 10.0 Å². The van der Waals surface area contributed by atoms with Crippen LogP contribution in [0.25, 0.3) is 0 Å². The number of aliphatic hydroxyl groups excluding tert-OH is 1. The van der Waals surface area contributed by atoms with Gasteiger partial charge in [-0.3, -0.25) is 4.79 Å². The topological polar surface area (TPSA) is 95.5 Å². The van der Waals surface area contributed by atoms with Gasteiger partial charge in [0, 0.05) is 12.1 Å². The van der Waals surface area contributed by atoms with Gasteiger partial charge in [0.25, 0.3) is 5.91 Å². The minimum absolute atomic E-state index is 0.116. The third kappa shape index (κ3) is 4.29. The van der Waals surface area contributed by atoms with Gasteiger partial charge in [0.15, 0.2) is 0 Å². The number of hydrogen-bond acceptors (Lipinski definition) is 4. The SMILES string of the molecule is CCNS(=O)(=O)c1ccc(C(=O)N[C@H](CC)CO)cc1. The molecule has 0 aromatic heterocycles. The van der Waals surface area contributed by atoms with E-state index in [9.17, 15) is 13.2 Å². The summed E-state index contributed by atoms with van der Waals surface area (Å²) >= 11 is 0. The summed E-state index contributed by atoms with van der Waals surface area (Å²) in [5.41, 5.74) is 0.354. The van der Waals surface area contributed by atoms with Crippen LogP contribution in [-0.2, 0) is 10.0 Å². The summed E-state index contributed by atoms with van der Waals surface area (Å²) in [5, 5.41) is 11.7. The van der Waals surface area contributed by atoms with Crippen molar-refractivity contribution in [2.45, 2.75) is 31.2 Å². The summed E-state index contributed by atoms with van der Waals surface area (Å²) in [4.78, 5) is 12.0. The first-order valence-electron chi connectivity index (χ1n) is 6.46. The van der Waals surface area contributed by atoms with Gasteiger partial charge in [-0.05, 0) is 30.7 Å². The standard InChI is InChI=1S/C13H20N2O4S/c1-3-11(9-16)15-13(17)10-5-7-12(8-6-10)20(18,19)14-4-2/h5-8,11,14,16H,3-4,9H2,1-2H3,(H,15,17)/t11-/m1/s1. The Balaban J connectivity index is 2.84. The monoisotopic (exact) mass is 300 g/mol. The number of benzene rings is 1. The largest absolute Gasteiger partial charge is 0.394 e. The van der Waals surface area contributed by atoms with E-state index in [-0.39, 0.29) is 23.5 Å². The Morgan fingerprint density at radius 3 is 2.30 bits per heavy atom. The molecule has 0 spiro atoms. The Morgan fingerprint density at radius 1 is 1.25 bits per heavy atom. The van der Waals surface area contributed by atoms with E-state index >= 15 is 0 Å². The van der Waals surface area contributed by atoms with Crippen molar-refractivity contribution in [3.8, 4) is 0 Å². The second-order valence-electron chi connectivity index (χ2n) is 4.29. The average Bonchev–Trinajstić information content (AvgIpc) is 2.44. The van der Waals surface area contributed by atoms with E-state index in [1.165, 1.54) is 24.3 Å². The second kappa shape index (κ2) is 7.37. The van der Waals surface area contributed by atoms with Gasteiger partial charge in [-0.1, -0.05) is 13.8 Å². The molecule has 0 fully saturated rings. The van der Waals surface area contributed by atoms with E-state index in [1.54, 1.807) is 6.92 Å². The molecule has 7 heteroatoms. The highest BCUT2D eigenvalue weighted by molar-refractivity contribution is 7.89. The van der Waals surface area contributed by atoms with Crippen molar-refractivity contribution in [1.82, 2.24) is 10.0 Å². The van der Waals surface area contributed by atoms with Crippen LogP contribution in [-0.4, -0.2) is 38.6 Å². The van der Waals surface area contributed by atoms with Crippen molar-refractivity contribution >= 4 is 15.9 Å². The average molecular weight is 300 g/mol. The fraction of sp³-hybridized carbons (Fsp3) is 0.462. The van der Waals surface area contributed by atoms with Crippen molar-refractivity contribution in [3.05, 3.63) is 29.8 Å². The van der Waals surface area contributed by atoms with Gasteiger partial charge in [0.1, 0.15) is 0 Å². The Kier molecular flexibility index (Phi) is 6.12. The number of aliphatic hydroxyl groups is 1. The van der Waals surface area contributed by atoms with Crippen LogP contribution < -0.4 is 10.0 Å². The van der Waals surface area contributed by atoms with Crippen molar-refractivity contribution in [2.24, 2.45) is 0 Å². The molecule has 1 amide bonds. The minimum Gasteiger partial charge on any atom is -0.394 e. The van der Waals surface area contributed by atoms with Crippen molar-refractivity contribution in [2.75, 3.05) is 13.2 Å². The summed E-state index contributed by atoms with van der Waals surface area (Å²) in [6, 6.07) is 5.36. The molecule has 1 rings (SSSR count). The van der Waals surface area contributed by atoms with Crippen LogP contribution in [0.3, 0.4) is 0 Å². The highest BCUT2D eigenvalue weighted by atomic mass is 32.2. The molecule has 0 aliphatic rings. The molecule has 0 aliphatic heterocycles. The first kappa shape index (κ1) is 16.6. The maximum atomic E-state index is 11.9. The molecule has 1 aromatic rings. The number of carbonyl (C=O) groups excluding carboxylic acids is 1. The zero-order chi connectivity index (χ0) is 15.2. The molecule has 0 heterocycles. The molecule has 0 saturated heterocycles. The van der Waals surface area contributed by atoms with Gasteiger partial charge in [-0.25, -0.2) is 13.1 Å². The van der Waals surface area contributed by atoms with Crippen LogP contribution in [0.4, 0.5) is 0 Å². The molecule has 1 aromatic carbocycles. The molecule has 3 N–H and O–H groups in total. The van der Waals surface area contributed by atoms with Crippen LogP contribution in [0.5, 0.6) is 0 Å². The quantitative estimate of drug-likeness (QED) is 0.683. The van der Waals surface area contributed by atoms with E-state index in [4.69, 9.17) is 5.11 Å². The van der Waals surface area contributed by atoms with Gasteiger partial charge >= 0.3 is 0 Å². The summed E-state index contributed by atoms with van der Waals surface area (Å²) < 4.78 is 25.9. The van der Waals surface area contributed by atoms with Gasteiger partial charge < -0.3 is 10.4 Å². The Morgan fingerprint density at radius 2 is 1.85 bits per heavy atom. The Bertz CT molecular complexity index is 536. The third-order valence-electron chi connectivity index (χ3n) is 2.81. The number of hydrogen-bond donors (Lipinski definition) is 3. The number of sulfonamides is 1. The maximum absolute atomic E-state index is 11.9. The minimum atomic E-state index is -3.51. The molecule has 20 heavy (non-hydrogen) atoms. The summed E-state index contributed by atoms with van der Waals surface area (Å²) in [6.45, 7) is 3.72. The third-order valence-corrected chi connectivity index (χ3v) is 4.37. The number of nitrogens with one attached hydrogen (secondary N) is 2. The van der Waals surface area contributed by atoms with E-state index in [0.717, 1.165) is 0 Å². The summed E-state index contributed by atoms with van der Waals surface area (Å²) in [5.74, 6) is -0.335. The highest BCUT2D eigenvalue weighted by Gasteiger charge is 2.15. The van der Waals surface area contributed by atoms with Crippen LogP contribution in [0, 0.1) is 0 Å². The lowest BCUT2D eigenvalue weighted by atomic mass is 10.2. The normalized spacial score (nSPS) is 12.9. The number of carbonyl (C=O) groups is 1. The fourth-order valence-corrected chi connectivity index (χ4v) is 2.65. The van der Waals surface area contributed by atoms with E-state index in [0.29, 0.717) is 18.5 Å². The Labute approximate surface area is 119 Å². The second-order valence-corrected chi connectivity index (χ2v) is 6.05. The van der Waals surface area contributed by atoms with Crippen LogP contribution in [0.15, 0.2) is 29.2 Å². The lowest BCUT2D eigenvalue weighted by molar-refractivity contribution is 0.0915. The number of amides is 1. The predicted octanol–water partition coefficient (Wildman–Crippen LogP) is 0.485. The smallest absolute Gasteiger partial charge is 0.251 e. The molecule has 0 saturated carbocycles. The molecule has 0 radical (unpaired) electrons. The summed E-state index contributed by atoms with van der Waals surface area (Å²) in [6.07, 6.45) is 0.620. The molecular formula is C13H20N2O4S. The van der Waals surface area contributed by atoms with E-state index in [2.05, 4.69) is 10.0 Å². The lowest BCUT2D eigenvalue weighted by Crippen LogP contribution is -2.36. The highest BCUT2D eigenvalue weighted by Crippen LogP contribution is 2.10. The molecule has 1 atom stereocenters. The van der Waals surface area contributed by atoms with Gasteiger partial charge in [0.05, 0.1) is 17.5 Å². The summed E-state index contributed by atoms with van der Waals surface area (Å²) in [7, 11) is -3.51. The van der Waals surface area contributed by atoms with Gasteiger partial charge in [-0.15, -0.1) is 0 Å². The van der Waals surface area contributed by atoms with Crippen LogP contribution >= 0.6 is 0 Å². The number of rotatable bonds is 7. The van der Waals surface area contributed by atoms with Crippen molar-refractivity contribution in [1.29, 1.82) is 0 Å². The molecule has 0 aliphatic carbocycles. The van der Waals surface area contributed by atoms with Crippen molar-refractivity contribution < 1.29 is 18.3 Å². The van der Waals surface area contributed by atoms with E-state index < -0.39 is 10.0 Å². The maximum Gasteiger partial charge on any atom is 0.251 e. The van der Waals surface area contributed by atoms with E-state index in [1.807, 2.05) is 6.92 Å². The molecule has 112 valence electrons. The van der Waals surface area contributed by atoms with Crippen LogP contribution in [0.1, 0.15) is 30.6 Å². The van der Waals surface area contributed by atoms with Crippen molar-refractivity contribution in [3.63, 3.8) is 0 Å². The molecule has 0 unspecified atom stereocenters. The molecule has 6 nitrogen and oxygen atoms in total.